The van der Waals surface area contributed by atoms with Crippen molar-refractivity contribution in [3.05, 3.63) is 28.9 Å². The molecule has 0 bridgehead atoms. The molecular formula is C9H15N3O. The molecule has 1 atom stereocenters. The molecule has 13 heavy (non-hydrogen) atoms. The Labute approximate surface area is 77.4 Å². The van der Waals surface area contributed by atoms with Crippen LogP contribution in [-0.4, -0.2) is 15.6 Å². The summed E-state index contributed by atoms with van der Waals surface area (Å²) in [5.74, 6) is 0. The average Bonchev–Trinajstić information content (AvgIpc) is 2.09. The van der Waals surface area contributed by atoms with Gasteiger partial charge in [-0.2, -0.15) is 0 Å². The van der Waals surface area contributed by atoms with Crippen LogP contribution >= 0.6 is 0 Å². The van der Waals surface area contributed by atoms with E-state index in [4.69, 9.17) is 5.73 Å². The summed E-state index contributed by atoms with van der Waals surface area (Å²) in [6, 6.07) is 1.78. The van der Waals surface area contributed by atoms with E-state index in [2.05, 4.69) is 11.9 Å². The Morgan fingerprint density at radius 1 is 1.69 bits per heavy atom. The Morgan fingerprint density at radius 2 is 2.46 bits per heavy atom. The molecule has 0 saturated carbocycles. The summed E-state index contributed by atoms with van der Waals surface area (Å²) in [5.41, 5.74) is 5.57. The molecule has 1 aromatic heterocycles. The third kappa shape index (κ3) is 2.99. The Morgan fingerprint density at radius 3 is 3.08 bits per heavy atom. The smallest absolute Gasteiger partial charge is 0.326 e. The van der Waals surface area contributed by atoms with E-state index in [0.29, 0.717) is 6.54 Å². The minimum atomic E-state index is -0.228. The maximum Gasteiger partial charge on any atom is 0.347 e. The summed E-state index contributed by atoms with van der Waals surface area (Å²) in [6.45, 7) is 2.63. The van der Waals surface area contributed by atoms with Crippen molar-refractivity contribution in [1.82, 2.24) is 9.55 Å². The van der Waals surface area contributed by atoms with Gasteiger partial charge < -0.3 is 5.73 Å². The van der Waals surface area contributed by atoms with Crippen LogP contribution < -0.4 is 11.4 Å². The molecule has 0 aliphatic heterocycles. The van der Waals surface area contributed by atoms with Gasteiger partial charge in [0.25, 0.3) is 0 Å². The van der Waals surface area contributed by atoms with Crippen molar-refractivity contribution in [2.24, 2.45) is 5.73 Å². The lowest BCUT2D eigenvalue weighted by Crippen LogP contribution is -2.32. The van der Waals surface area contributed by atoms with Gasteiger partial charge in [-0.25, -0.2) is 9.78 Å². The molecule has 1 aromatic rings. The zero-order valence-corrected chi connectivity index (χ0v) is 7.81. The van der Waals surface area contributed by atoms with Crippen LogP contribution in [-0.2, 0) is 6.54 Å². The molecule has 72 valence electrons. The van der Waals surface area contributed by atoms with Crippen LogP contribution in [0.4, 0.5) is 0 Å². The number of rotatable bonds is 4. The number of aromatic nitrogens is 2. The van der Waals surface area contributed by atoms with Crippen LogP contribution in [0.25, 0.3) is 0 Å². The molecule has 0 fully saturated rings. The molecule has 0 radical (unpaired) electrons. The summed E-state index contributed by atoms with van der Waals surface area (Å²) >= 11 is 0. The van der Waals surface area contributed by atoms with E-state index in [9.17, 15) is 4.79 Å². The fourth-order valence-corrected chi connectivity index (χ4v) is 1.24. The van der Waals surface area contributed by atoms with Crippen molar-refractivity contribution in [2.75, 3.05) is 0 Å². The molecule has 1 heterocycles. The number of nitrogens with zero attached hydrogens (tertiary/aromatic N) is 2. The third-order valence-corrected chi connectivity index (χ3v) is 1.87. The SMILES string of the molecule is CCCC(N)Cn1cccnc1=O. The minimum Gasteiger partial charge on any atom is -0.326 e. The lowest BCUT2D eigenvalue weighted by Gasteiger charge is -2.10. The number of hydrogen-bond acceptors (Lipinski definition) is 3. The summed E-state index contributed by atoms with van der Waals surface area (Å²) in [6.07, 6.45) is 5.17. The van der Waals surface area contributed by atoms with Crippen LogP contribution in [0, 0.1) is 0 Å². The highest BCUT2D eigenvalue weighted by molar-refractivity contribution is 4.82. The first-order chi connectivity index (χ1) is 6.24. The second kappa shape index (κ2) is 4.77. The molecule has 0 saturated heterocycles. The van der Waals surface area contributed by atoms with Gasteiger partial charge in [0.1, 0.15) is 0 Å². The van der Waals surface area contributed by atoms with Crippen LogP contribution in [0.1, 0.15) is 19.8 Å². The highest BCUT2D eigenvalue weighted by atomic mass is 16.1. The second-order valence-electron chi connectivity index (χ2n) is 3.10. The van der Waals surface area contributed by atoms with Crippen LogP contribution in [0.2, 0.25) is 0 Å². The van der Waals surface area contributed by atoms with Gasteiger partial charge in [-0.3, -0.25) is 4.57 Å². The average molecular weight is 181 g/mol. The zero-order chi connectivity index (χ0) is 9.68. The van der Waals surface area contributed by atoms with Crippen molar-refractivity contribution in [3.63, 3.8) is 0 Å². The summed E-state index contributed by atoms with van der Waals surface area (Å²) in [4.78, 5) is 14.8. The molecule has 4 nitrogen and oxygen atoms in total. The number of nitrogens with two attached hydrogens (primary N) is 1. The maximum absolute atomic E-state index is 11.2. The normalized spacial score (nSPS) is 12.8. The van der Waals surface area contributed by atoms with Gasteiger partial charge in [0.15, 0.2) is 0 Å². The quantitative estimate of drug-likeness (QED) is 0.730. The number of hydrogen-bond donors (Lipinski definition) is 1. The van der Waals surface area contributed by atoms with E-state index in [-0.39, 0.29) is 11.7 Å². The lowest BCUT2D eigenvalue weighted by atomic mass is 10.2. The maximum atomic E-state index is 11.2. The van der Waals surface area contributed by atoms with Crippen molar-refractivity contribution in [3.8, 4) is 0 Å². The molecule has 1 rings (SSSR count). The standard InChI is InChI=1S/C9H15N3O/c1-2-4-8(10)7-12-6-3-5-11-9(12)13/h3,5-6,8H,2,4,7,10H2,1H3. The van der Waals surface area contributed by atoms with Crippen LogP contribution in [0.3, 0.4) is 0 Å². The van der Waals surface area contributed by atoms with Gasteiger partial charge in [-0.15, -0.1) is 0 Å². The highest BCUT2D eigenvalue weighted by Gasteiger charge is 2.02. The first kappa shape index (κ1) is 9.92. The molecule has 0 aromatic carbocycles. The highest BCUT2D eigenvalue weighted by Crippen LogP contribution is 1.95. The van der Waals surface area contributed by atoms with Gasteiger partial charge in [0, 0.05) is 25.0 Å². The van der Waals surface area contributed by atoms with Crippen molar-refractivity contribution in [2.45, 2.75) is 32.4 Å². The Hall–Kier alpha value is -1.16. The van der Waals surface area contributed by atoms with Crippen molar-refractivity contribution in [1.29, 1.82) is 0 Å². The molecule has 0 aliphatic rings. The Balaban J connectivity index is 2.63. The second-order valence-corrected chi connectivity index (χ2v) is 3.10. The third-order valence-electron chi connectivity index (χ3n) is 1.87. The topological polar surface area (TPSA) is 60.9 Å². The first-order valence-electron chi connectivity index (χ1n) is 4.51. The van der Waals surface area contributed by atoms with E-state index in [1.807, 2.05) is 0 Å². The fraction of sp³-hybridized carbons (Fsp3) is 0.556. The fourth-order valence-electron chi connectivity index (χ4n) is 1.24. The predicted molar refractivity (Wildman–Crippen MR) is 51.4 cm³/mol. The van der Waals surface area contributed by atoms with Gasteiger partial charge in [0.05, 0.1) is 0 Å². The molecule has 4 heteroatoms. The van der Waals surface area contributed by atoms with Gasteiger partial charge in [-0.1, -0.05) is 13.3 Å². The summed E-state index contributed by atoms with van der Waals surface area (Å²) in [7, 11) is 0. The van der Waals surface area contributed by atoms with Gasteiger partial charge in [-0.05, 0) is 12.5 Å². The van der Waals surface area contributed by atoms with E-state index in [1.54, 1.807) is 16.8 Å². The van der Waals surface area contributed by atoms with Crippen LogP contribution in [0.15, 0.2) is 23.3 Å². The van der Waals surface area contributed by atoms with E-state index < -0.39 is 0 Å². The molecule has 1 unspecified atom stereocenters. The minimum absolute atomic E-state index is 0.0481. The molecule has 2 N–H and O–H groups in total. The van der Waals surface area contributed by atoms with Crippen molar-refractivity contribution < 1.29 is 0 Å². The monoisotopic (exact) mass is 181 g/mol. The molecular weight excluding hydrogens is 166 g/mol. The van der Waals surface area contributed by atoms with Crippen LogP contribution in [0.5, 0.6) is 0 Å². The van der Waals surface area contributed by atoms with Crippen molar-refractivity contribution >= 4 is 0 Å². The summed E-state index contributed by atoms with van der Waals surface area (Å²) in [5, 5.41) is 0. The molecule has 0 spiro atoms. The van der Waals surface area contributed by atoms with E-state index >= 15 is 0 Å². The molecule has 0 aliphatic carbocycles. The predicted octanol–water partition coefficient (Wildman–Crippen LogP) is 0.371. The Kier molecular flexibility index (Phi) is 3.64. The van der Waals surface area contributed by atoms with Gasteiger partial charge >= 0.3 is 5.69 Å². The summed E-state index contributed by atoms with van der Waals surface area (Å²) < 4.78 is 1.54. The Bertz CT molecular complexity index is 308. The van der Waals surface area contributed by atoms with Gasteiger partial charge in [0.2, 0.25) is 0 Å². The van der Waals surface area contributed by atoms with E-state index in [0.717, 1.165) is 12.8 Å². The van der Waals surface area contributed by atoms with E-state index in [1.165, 1.54) is 6.20 Å². The zero-order valence-electron chi connectivity index (χ0n) is 7.81. The first-order valence-corrected chi connectivity index (χ1v) is 4.51. The molecule has 0 amide bonds. The lowest BCUT2D eigenvalue weighted by molar-refractivity contribution is 0.498. The largest absolute Gasteiger partial charge is 0.347 e.